The van der Waals surface area contributed by atoms with E-state index in [1.54, 1.807) is 0 Å². The summed E-state index contributed by atoms with van der Waals surface area (Å²) in [6.07, 6.45) is 2.05. The van der Waals surface area contributed by atoms with Gasteiger partial charge >= 0.3 is 0 Å². The van der Waals surface area contributed by atoms with E-state index in [4.69, 9.17) is 0 Å². The molecule has 0 aliphatic rings. The third kappa shape index (κ3) is 6.67. The molecular formula is C28H30F2N2S. The van der Waals surface area contributed by atoms with E-state index in [1.165, 1.54) is 5.56 Å². The van der Waals surface area contributed by atoms with Gasteiger partial charge in [-0.05, 0) is 65.9 Å². The van der Waals surface area contributed by atoms with E-state index in [-0.39, 0.29) is 4.90 Å². The number of aryl methyl sites for hydroxylation is 1. The van der Waals surface area contributed by atoms with Gasteiger partial charge in [-0.3, -0.25) is 4.72 Å². The van der Waals surface area contributed by atoms with Crippen LogP contribution >= 0.6 is 9.39 Å². The van der Waals surface area contributed by atoms with E-state index < -0.39 is 21.0 Å². The molecule has 0 saturated carbocycles. The van der Waals surface area contributed by atoms with Crippen LogP contribution in [0.1, 0.15) is 29.2 Å². The van der Waals surface area contributed by atoms with E-state index >= 15 is 0 Å². The van der Waals surface area contributed by atoms with Crippen molar-refractivity contribution in [1.29, 1.82) is 0 Å². The lowest BCUT2D eigenvalue weighted by atomic mass is 10.0. The summed E-state index contributed by atoms with van der Waals surface area (Å²) in [5, 5.41) is 3.42. The van der Waals surface area contributed by atoms with Crippen LogP contribution in [0, 0.1) is 18.6 Å². The molecule has 3 aromatic carbocycles. The van der Waals surface area contributed by atoms with Crippen molar-refractivity contribution in [1.82, 2.24) is 10.0 Å². The molecule has 0 atom stereocenters. The minimum atomic E-state index is -2.17. The minimum Gasteiger partial charge on any atom is -0.384 e. The van der Waals surface area contributed by atoms with Crippen LogP contribution < -0.4 is 10.0 Å². The van der Waals surface area contributed by atoms with Crippen molar-refractivity contribution in [3.63, 3.8) is 0 Å². The van der Waals surface area contributed by atoms with Crippen molar-refractivity contribution in [2.75, 3.05) is 0 Å². The Morgan fingerprint density at radius 1 is 0.939 bits per heavy atom. The molecule has 0 radical (unpaired) electrons. The Kier molecular flexibility index (Phi) is 7.90. The highest BCUT2D eigenvalue weighted by atomic mass is 32.2. The predicted octanol–water partition coefficient (Wildman–Crippen LogP) is 6.71. The Labute approximate surface area is 196 Å². The van der Waals surface area contributed by atoms with E-state index in [1.807, 2.05) is 43.3 Å². The average molecular weight is 465 g/mol. The topological polar surface area (TPSA) is 24.1 Å². The molecule has 3 rings (SSSR count). The molecule has 33 heavy (non-hydrogen) atoms. The fraction of sp³-hybridized carbons (Fsp3) is 0.143. The Morgan fingerprint density at radius 3 is 2.24 bits per heavy atom. The van der Waals surface area contributed by atoms with Crippen molar-refractivity contribution in [3.8, 4) is 0 Å². The quantitative estimate of drug-likeness (QED) is 0.272. The minimum absolute atomic E-state index is 0.179. The van der Waals surface area contributed by atoms with Gasteiger partial charge in [0, 0.05) is 23.7 Å². The van der Waals surface area contributed by atoms with Crippen molar-refractivity contribution in [2.24, 2.45) is 0 Å². The number of halogens is 2. The predicted molar refractivity (Wildman–Crippen MR) is 141 cm³/mol. The molecule has 172 valence electrons. The largest absolute Gasteiger partial charge is 0.384 e. The highest BCUT2D eigenvalue weighted by Gasteiger charge is 2.10. The molecule has 0 aliphatic carbocycles. The second kappa shape index (κ2) is 10.6. The lowest BCUT2D eigenvalue weighted by Gasteiger charge is -2.18. The van der Waals surface area contributed by atoms with Crippen molar-refractivity contribution in [3.05, 3.63) is 119 Å². The van der Waals surface area contributed by atoms with Gasteiger partial charge in [0.05, 0.1) is 0 Å². The monoisotopic (exact) mass is 464 g/mol. The summed E-state index contributed by atoms with van der Waals surface area (Å²) in [5.41, 5.74) is 6.50. The van der Waals surface area contributed by atoms with Crippen LogP contribution in [0.5, 0.6) is 0 Å². The number of benzene rings is 3. The maximum Gasteiger partial charge on any atom is 0.137 e. The van der Waals surface area contributed by atoms with E-state index in [9.17, 15) is 8.78 Å². The number of allylic oxidation sites excluding steroid dienone is 3. The zero-order chi connectivity index (χ0) is 24.0. The molecule has 0 amide bonds. The third-order valence-corrected chi connectivity index (χ3v) is 7.19. The smallest absolute Gasteiger partial charge is 0.137 e. The van der Waals surface area contributed by atoms with Crippen LogP contribution in [-0.4, -0.2) is 11.7 Å². The third-order valence-electron chi connectivity index (χ3n) is 5.34. The Balaban J connectivity index is 1.56. The zero-order valence-corrected chi connectivity index (χ0v) is 19.9. The summed E-state index contributed by atoms with van der Waals surface area (Å²) >= 11 is 0. The number of hydrogen-bond donors (Lipinski definition) is 2. The number of hydrogen-bond acceptors (Lipinski definition) is 2. The highest BCUT2D eigenvalue weighted by molar-refractivity contribution is 8.26. The van der Waals surface area contributed by atoms with Gasteiger partial charge in [0.1, 0.15) is 11.6 Å². The second-order valence-electron chi connectivity index (χ2n) is 8.12. The number of nitrogens with one attached hydrogen (secondary N) is 2. The zero-order valence-electron chi connectivity index (χ0n) is 19.1. The first-order valence-corrected chi connectivity index (χ1v) is 12.6. The highest BCUT2D eigenvalue weighted by Crippen LogP contribution is 2.31. The molecule has 0 unspecified atom stereocenters. The fourth-order valence-corrected chi connectivity index (χ4v) is 4.79. The average Bonchev–Trinajstić information content (AvgIpc) is 2.79. The van der Waals surface area contributed by atoms with Gasteiger partial charge in [-0.15, -0.1) is 9.39 Å². The van der Waals surface area contributed by atoms with E-state index in [2.05, 4.69) is 53.5 Å². The van der Waals surface area contributed by atoms with Crippen LogP contribution in [0.3, 0.4) is 0 Å². The summed E-state index contributed by atoms with van der Waals surface area (Å²) in [4.78, 5) is 0.179. The molecular weight excluding hydrogens is 434 g/mol. The van der Waals surface area contributed by atoms with Crippen LogP contribution in [-0.2, 0) is 13.1 Å². The van der Waals surface area contributed by atoms with Crippen LogP contribution in [0.25, 0.3) is 5.57 Å². The van der Waals surface area contributed by atoms with E-state index in [0.29, 0.717) is 13.1 Å². The Hall–Kier alpha value is -3.15. The van der Waals surface area contributed by atoms with Crippen molar-refractivity contribution in [2.45, 2.75) is 31.8 Å². The number of rotatable bonds is 9. The molecule has 0 aliphatic heterocycles. The van der Waals surface area contributed by atoms with Gasteiger partial charge in [0.25, 0.3) is 0 Å². The molecule has 2 nitrogen and oxygen atoms in total. The first kappa shape index (κ1) is 24.5. The summed E-state index contributed by atoms with van der Waals surface area (Å²) in [7, 11) is -2.17. The molecule has 0 aromatic heterocycles. The Bertz CT molecular complexity index is 1270. The lowest BCUT2D eigenvalue weighted by molar-refractivity contribution is 0.576. The molecule has 5 heteroatoms. The normalized spacial score (nSPS) is 11.9. The van der Waals surface area contributed by atoms with Gasteiger partial charge in [0.15, 0.2) is 0 Å². The summed E-state index contributed by atoms with van der Waals surface area (Å²) in [6, 6.07) is 19.7. The van der Waals surface area contributed by atoms with E-state index in [0.717, 1.165) is 46.2 Å². The lowest BCUT2D eigenvalue weighted by Crippen LogP contribution is -2.12. The molecule has 0 bridgehead atoms. The van der Waals surface area contributed by atoms with Crippen LogP contribution in [0.4, 0.5) is 8.78 Å². The maximum absolute atomic E-state index is 14.1. The SMILES string of the molecule is C=C(/C=C(\C)NCc1ccc(CNS(=C)(=C)c2cc(F)ccc2F)cc1)c1ccccc1C. The van der Waals surface area contributed by atoms with Gasteiger partial charge in [0.2, 0.25) is 0 Å². The summed E-state index contributed by atoms with van der Waals surface area (Å²) in [6.45, 7) is 9.44. The van der Waals surface area contributed by atoms with Gasteiger partial charge in [-0.25, -0.2) is 8.78 Å². The standard InChI is InChI=1S/C28H30F2N2S/c1-20-8-6-7-9-26(20)21(2)16-22(3)31-18-23-10-12-24(13-11-23)19-32-33(4,5)28-17-25(29)14-15-27(28)30/h6-17,31-32H,2,4-5,18-19H2,1,3H3/b22-16+. The van der Waals surface area contributed by atoms with Gasteiger partial charge in [-0.1, -0.05) is 66.9 Å². The first-order chi connectivity index (χ1) is 15.7. The van der Waals surface area contributed by atoms with Gasteiger partial charge < -0.3 is 5.32 Å². The molecule has 0 spiro atoms. The van der Waals surface area contributed by atoms with Crippen LogP contribution in [0.15, 0.2) is 90.0 Å². The molecule has 0 heterocycles. The Morgan fingerprint density at radius 2 is 1.58 bits per heavy atom. The van der Waals surface area contributed by atoms with Crippen LogP contribution in [0.2, 0.25) is 0 Å². The van der Waals surface area contributed by atoms with Crippen molar-refractivity contribution < 1.29 is 8.78 Å². The van der Waals surface area contributed by atoms with Crippen molar-refractivity contribution >= 4 is 26.7 Å². The maximum atomic E-state index is 14.1. The fourth-order valence-electron chi connectivity index (χ4n) is 3.42. The first-order valence-electron chi connectivity index (χ1n) is 10.6. The molecule has 0 fully saturated rings. The van der Waals surface area contributed by atoms with Gasteiger partial charge in [-0.2, -0.15) is 0 Å². The molecule has 2 N–H and O–H groups in total. The summed E-state index contributed by atoms with van der Waals surface area (Å²) < 4.78 is 30.8. The molecule has 3 aromatic rings. The summed E-state index contributed by atoms with van der Waals surface area (Å²) in [5.74, 6) is 7.01. The second-order valence-corrected chi connectivity index (χ2v) is 10.6. The molecule has 0 saturated heterocycles.